The molecule has 0 fully saturated rings. The largest absolute Gasteiger partial charge is 0.466 e. The number of esters is 2. The quantitative estimate of drug-likeness (QED) is 0.0466. The molecule has 0 radical (unpaired) electrons. The minimum absolute atomic E-state index is 0.100. The average Bonchev–Trinajstić information content (AvgIpc) is 2.91. The van der Waals surface area contributed by atoms with E-state index >= 15 is 0 Å². The van der Waals surface area contributed by atoms with Crippen molar-refractivity contribution in [3.8, 4) is 0 Å². The molecule has 0 bridgehead atoms. The van der Waals surface area contributed by atoms with Crippen LogP contribution in [0, 0.1) is 0 Å². The average molecular weight is 575 g/mol. The third kappa shape index (κ3) is 31.9. The Morgan fingerprint density at radius 3 is 0.974 bits per heavy atom. The molecule has 0 aromatic heterocycles. The molecule has 38 heavy (non-hydrogen) atoms. The summed E-state index contributed by atoms with van der Waals surface area (Å²) in [6, 6.07) is 0. The molecule has 0 heterocycles. The molecular formula is C32H62O4S2. The summed E-state index contributed by atoms with van der Waals surface area (Å²) in [5.41, 5.74) is 0. The first-order valence-corrected chi connectivity index (χ1v) is 18.7. The Bertz CT molecular complexity index is 458. The van der Waals surface area contributed by atoms with Gasteiger partial charge in [0.2, 0.25) is 0 Å². The van der Waals surface area contributed by atoms with E-state index in [1.165, 1.54) is 116 Å². The summed E-state index contributed by atoms with van der Waals surface area (Å²) < 4.78 is 10.7. The highest BCUT2D eigenvalue weighted by atomic mass is 33.1. The van der Waals surface area contributed by atoms with E-state index in [0.717, 1.165) is 37.2 Å². The van der Waals surface area contributed by atoms with Crippen LogP contribution in [0.2, 0.25) is 0 Å². The maximum Gasteiger partial charge on any atom is 0.306 e. The Kier molecular flexibility index (Phi) is 32.5. The van der Waals surface area contributed by atoms with Crippen LogP contribution >= 0.6 is 21.6 Å². The fraction of sp³-hybridized carbons (Fsp3) is 0.938. The topological polar surface area (TPSA) is 52.6 Å². The van der Waals surface area contributed by atoms with Gasteiger partial charge < -0.3 is 9.47 Å². The molecule has 0 aliphatic rings. The second kappa shape index (κ2) is 32.8. The lowest BCUT2D eigenvalue weighted by Crippen LogP contribution is -2.07. The molecule has 0 unspecified atom stereocenters. The van der Waals surface area contributed by atoms with E-state index < -0.39 is 0 Å². The van der Waals surface area contributed by atoms with Gasteiger partial charge in [0, 0.05) is 11.5 Å². The maximum absolute atomic E-state index is 11.8. The van der Waals surface area contributed by atoms with Gasteiger partial charge in [-0.1, -0.05) is 164 Å². The number of ether oxygens (including phenoxy) is 2. The molecule has 0 N–H and O–H groups in total. The van der Waals surface area contributed by atoms with Crippen LogP contribution in [0.25, 0.3) is 0 Å². The van der Waals surface area contributed by atoms with Gasteiger partial charge in [0.15, 0.2) is 0 Å². The summed E-state index contributed by atoms with van der Waals surface area (Å²) in [7, 11) is 3.28. The fourth-order valence-corrected chi connectivity index (χ4v) is 6.36. The third-order valence-electron chi connectivity index (χ3n) is 6.88. The van der Waals surface area contributed by atoms with Crippen LogP contribution in [-0.2, 0) is 19.1 Å². The van der Waals surface area contributed by atoms with Gasteiger partial charge >= 0.3 is 11.9 Å². The van der Waals surface area contributed by atoms with Gasteiger partial charge in [-0.05, 0) is 12.8 Å². The highest BCUT2D eigenvalue weighted by molar-refractivity contribution is 8.76. The monoisotopic (exact) mass is 574 g/mol. The predicted molar refractivity (Wildman–Crippen MR) is 169 cm³/mol. The number of carbonyl (C=O) groups is 2. The highest BCUT2D eigenvalue weighted by Gasteiger charge is 2.06. The fourth-order valence-electron chi connectivity index (χ4n) is 4.42. The lowest BCUT2D eigenvalue weighted by molar-refractivity contribution is -0.144. The summed E-state index contributed by atoms with van der Waals surface area (Å²) in [6.45, 7) is 5.63. The maximum atomic E-state index is 11.8. The smallest absolute Gasteiger partial charge is 0.306 e. The molecule has 0 saturated carbocycles. The molecule has 0 saturated heterocycles. The zero-order valence-electron chi connectivity index (χ0n) is 25.2. The molecule has 0 aliphatic heterocycles. The van der Waals surface area contributed by atoms with Gasteiger partial charge in [-0.15, -0.1) is 0 Å². The number of hydrogen-bond acceptors (Lipinski definition) is 6. The van der Waals surface area contributed by atoms with Gasteiger partial charge in [-0.3, -0.25) is 9.59 Å². The van der Waals surface area contributed by atoms with E-state index in [4.69, 9.17) is 9.47 Å². The van der Waals surface area contributed by atoms with E-state index in [2.05, 4.69) is 13.8 Å². The Morgan fingerprint density at radius 1 is 0.421 bits per heavy atom. The van der Waals surface area contributed by atoms with Crippen molar-refractivity contribution in [1.29, 1.82) is 0 Å². The molecule has 4 nitrogen and oxygen atoms in total. The second-order valence-corrected chi connectivity index (χ2v) is 13.4. The first kappa shape index (κ1) is 37.6. The number of rotatable bonds is 31. The van der Waals surface area contributed by atoms with E-state index in [-0.39, 0.29) is 11.9 Å². The van der Waals surface area contributed by atoms with E-state index in [0.29, 0.717) is 26.1 Å². The molecule has 226 valence electrons. The van der Waals surface area contributed by atoms with Gasteiger partial charge in [0.05, 0.1) is 26.1 Å². The van der Waals surface area contributed by atoms with Crippen molar-refractivity contribution in [3.63, 3.8) is 0 Å². The summed E-state index contributed by atoms with van der Waals surface area (Å²) in [5, 5.41) is 0. The van der Waals surface area contributed by atoms with Crippen molar-refractivity contribution >= 4 is 33.5 Å². The van der Waals surface area contributed by atoms with Gasteiger partial charge in [0.1, 0.15) is 0 Å². The Hall–Kier alpha value is -0.360. The van der Waals surface area contributed by atoms with Crippen LogP contribution in [0.5, 0.6) is 0 Å². The van der Waals surface area contributed by atoms with Crippen LogP contribution in [0.4, 0.5) is 0 Å². The van der Waals surface area contributed by atoms with Gasteiger partial charge in [-0.2, -0.15) is 0 Å². The Morgan fingerprint density at radius 2 is 0.684 bits per heavy atom. The molecule has 0 amide bonds. The minimum Gasteiger partial charge on any atom is -0.466 e. The molecular weight excluding hydrogens is 512 g/mol. The van der Waals surface area contributed by atoms with E-state index in [9.17, 15) is 9.59 Å². The molecule has 0 aliphatic carbocycles. The van der Waals surface area contributed by atoms with Gasteiger partial charge in [-0.25, -0.2) is 0 Å². The summed E-state index contributed by atoms with van der Waals surface area (Å²) in [5.74, 6) is 1.26. The Balaban J connectivity index is 3.26. The second-order valence-electron chi connectivity index (χ2n) is 10.7. The summed E-state index contributed by atoms with van der Waals surface area (Å²) >= 11 is 0. The van der Waals surface area contributed by atoms with Gasteiger partial charge in [0.25, 0.3) is 0 Å². The number of unbranched alkanes of at least 4 members (excludes halogenated alkanes) is 20. The SMILES string of the molecule is CCCCCCCCCCCCCOC(=O)CCSSCCC(=O)OCCCCCCCCCCCCC. The lowest BCUT2D eigenvalue weighted by Gasteiger charge is -2.06. The number of hydrogen-bond donors (Lipinski definition) is 0. The van der Waals surface area contributed by atoms with Crippen molar-refractivity contribution in [2.45, 2.75) is 168 Å². The molecule has 6 heteroatoms. The van der Waals surface area contributed by atoms with Crippen molar-refractivity contribution in [2.24, 2.45) is 0 Å². The van der Waals surface area contributed by atoms with Crippen LogP contribution in [0.3, 0.4) is 0 Å². The minimum atomic E-state index is -0.100. The predicted octanol–water partition coefficient (Wildman–Crippen LogP) is 10.9. The summed E-state index contributed by atoms with van der Waals surface area (Å²) in [4.78, 5) is 23.7. The lowest BCUT2D eigenvalue weighted by atomic mass is 10.1. The van der Waals surface area contributed by atoms with E-state index in [1.807, 2.05) is 0 Å². The summed E-state index contributed by atoms with van der Waals surface area (Å²) in [6.07, 6.45) is 29.5. The standard InChI is InChI=1S/C32H62O4S2/c1-3-5-7-9-11-13-15-17-19-21-23-27-35-31(33)25-29-37-38-30-26-32(34)36-28-24-22-20-18-16-14-12-10-8-6-4-2/h3-30H2,1-2H3. The molecule has 0 spiro atoms. The van der Waals surface area contributed by atoms with Crippen LogP contribution in [-0.4, -0.2) is 36.7 Å². The van der Waals surface area contributed by atoms with Crippen LogP contribution in [0.1, 0.15) is 168 Å². The van der Waals surface area contributed by atoms with E-state index in [1.54, 1.807) is 21.6 Å². The normalized spacial score (nSPS) is 11.1. The highest BCUT2D eigenvalue weighted by Crippen LogP contribution is 2.23. The van der Waals surface area contributed by atoms with Crippen molar-refractivity contribution in [2.75, 3.05) is 24.7 Å². The van der Waals surface area contributed by atoms with Crippen molar-refractivity contribution < 1.29 is 19.1 Å². The van der Waals surface area contributed by atoms with Crippen molar-refractivity contribution in [1.82, 2.24) is 0 Å². The van der Waals surface area contributed by atoms with Crippen LogP contribution < -0.4 is 0 Å². The zero-order valence-corrected chi connectivity index (χ0v) is 26.9. The Labute approximate surface area is 244 Å². The molecule has 0 atom stereocenters. The van der Waals surface area contributed by atoms with Crippen LogP contribution in [0.15, 0.2) is 0 Å². The third-order valence-corrected chi connectivity index (χ3v) is 9.29. The molecule has 0 rings (SSSR count). The first-order valence-electron chi connectivity index (χ1n) is 16.3. The first-order chi connectivity index (χ1) is 18.7. The molecule has 0 aromatic carbocycles. The number of carbonyl (C=O) groups excluding carboxylic acids is 2. The van der Waals surface area contributed by atoms with Crippen molar-refractivity contribution in [3.05, 3.63) is 0 Å². The zero-order chi connectivity index (χ0) is 27.8. The molecule has 0 aromatic rings.